The standard InChI is InChI=1S/C23H26N6O3/c1-22(2)20(30)26-16-13-14(3-4-17(16)32-22)25-21-27-15-5-12-31-18(15)19(28-21)29-10-7-23(8-11-29)6-9-24-23/h3-5,12-13,24H,6-11H2,1-2H3,(H,26,30)(H,25,27,28). The smallest absolute Gasteiger partial charge is 0.268 e. The molecule has 3 aromatic rings. The highest BCUT2D eigenvalue weighted by atomic mass is 16.5. The maximum absolute atomic E-state index is 12.3. The normalized spacial score (nSPS) is 20.9. The van der Waals surface area contributed by atoms with E-state index in [2.05, 4.69) is 25.8 Å². The maximum Gasteiger partial charge on any atom is 0.268 e. The van der Waals surface area contributed by atoms with E-state index in [0.29, 0.717) is 28.5 Å². The second-order valence-corrected chi connectivity index (χ2v) is 9.35. The zero-order valence-corrected chi connectivity index (χ0v) is 18.2. The quantitative estimate of drug-likeness (QED) is 0.576. The molecule has 2 saturated heterocycles. The lowest BCUT2D eigenvalue weighted by molar-refractivity contribution is -0.129. The Bertz CT molecular complexity index is 1210. The molecule has 9 nitrogen and oxygen atoms in total. The Hall–Kier alpha value is -3.33. The number of ether oxygens (including phenoxy) is 1. The van der Waals surface area contributed by atoms with Crippen LogP contribution in [0.4, 0.5) is 23.1 Å². The van der Waals surface area contributed by atoms with Crippen molar-refractivity contribution in [1.82, 2.24) is 15.3 Å². The third-order valence-corrected chi connectivity index (χ3v) is 6.81. The molecule has 0 unspecified atom stereocenters. The summed E-state index contributed by atoms with van der Waals surface area (Å²) < 4.78 is 11.5. The van der Waals surface area contributed by atoms with Crippen molar-refractivity contribution in [2.75, 3.05) is 35.2 Å². The van der Waals surface area contributed by atoms with Crippen molar-refractivity contribution in [3.05, 3.63) is 30.5 Å². The molecule has 1 aromatic carbocycles. The number of fused-ring (bicyclic) bond motifs is 2. The predicted molar refractivity (Wildman–Crippen MR) is 122 cm³/mol. The number of piperidine rings is 1. The minimum Gasteiger partial charge on any atom is -0.476 e. The molecule has 0 radical (unpaired) electrons. The molecule has 0 aliphatic carbocycles. The first-order chi connectivity index (χ1) is 15.4. The Balaban J connectivity index is 1.28. The van der Waals surface area contributed by atoms with Gasteiger partial charge in [-0.1, -0.05) is 0 Å². The number of hydrogen-bond donors (Lipinski definition) is 3. The van der Waals surface area contributed by atoms with Crippen molar-refractivity contribution in [3.63, 3.8) is 0 Å². The van der Waals surface area contributed by atoms with Gasteiger partial charge >= 0.3 is 0 Å². The van der Waals surface area contributed by atoms with Crippen LogP contribution in [0.5, 0.6) is 5.75 Å². The van der Waals surface area contributed by atoms with Crippen molar-refractivity contribution in [1.29, 1.82) is 0 Å². The van der Waals surface area contributed by atoms with E-state index >= 15 is 0 Å². The number of anilines is 4. The summed E-state index contributed by atoms with van der Waals surface area (Å²) in [6.07, 6.45) is 5.11. The molecule has 6 rings (SSSR count). The lowest BCUT2D eigenvalue weighted by Crippen LogP contribution is -2.62. The summed E-state index contributed by atoms with van der Waals surface area (Å²) in [6, 6.07) is 7.42. The van der Waals surface area contributed by atoms with E-state index in [1.54, 1.807) is 20.1 Å². The second-order valence-electron chi connectivity index (χ2n) is 9.35. The molecule has 2 fully saturated rings. The Morgan fingerprint density at radius 1 is 1.12 bits per heavy atom. The second kappa shape index (κ2) is 6.83. The van der Waals surface area contributed by atoms with Gasteiger partial charge in [-0.3, -0.25) is 4.79 Å². The Kier molecular flexibility index (Phi) is 4.13. The van der Waals surface area contributed by atoms with Crippen LogP contribution in [0, 0.1) is 0 Å². The number of furan rings is 1. The third kappa shape index (κ3) is 3.15. The number of hydrogen-bond acceptors (Lipinski definition) is 8. The van der Waals surface area contributed by atoms with Gasteiger partial charge in [0.1, 0.15) is 11.3 Å². The van der Waals surface area contributed by atoms with E-state index in [-0.39, 0.29) is 5.91 Å². The monoisotopic (exact) mass is 434 g/mol. The molecule has 3 N–H and O–H groups in total. The van der Waals surface area contributed by atoms with Gasteiger partial charge in [0.25, 0.3) is 5.91 Å². The van der Waals surface area contributed by atoms with Gasteiger partial charge in [0, 0.05) is 30.4 Å². The Morgan fingerprint density at radius 3 is 2.69 bits per heavy atom. The molecular weight excluding hydrogens is 408 g/mol. The lowest BCUT2D eigenvalue weighted by Gasteiger charge is -2.49. The van der Waals surface area contributed by atoms with Crippen LogP contribution in [0.2, 0.25) is 0 Å². The summed E-state index contributed by atoms with van der Waals surface area (Å²) in [5, 5.41) is 9.80. The van der Waals surface area contributed by atoms with Crippen LogP contribution in [0.25, 0.3) is 11.1 Å². The van der Waals surface area contributed by atoms with E-state index in [4.69, 9.17) is 14.1 Å². The molecule has 3 aliphatic heterocycles. The van der Waals surface area contributed by atoms with Crippen LogP contribution in [-0.4, -0.2) is 46.6 Å². The Labute approximate surface area is 185 Å². The number of rotatable bonds is 3. The van der Waals surface area contributed by atoms with Gasteiger partial charge in [-0.2, -0.15) is 4.98 Å². The molecule has 0 atom stereocenters. The number of amides is 1. The number of nitrogens with one attached hydrogen (secondary N) is 3. The number of nitrogens with zero attached hydrogens (tertiary/aromatic N) is 3. The van der Waals surface area contributed by atoms with E-state index in [1.807, 2.05) is 24.3 Å². The fourth-order valence-corrected chi connectivity index (χ4v) is 4.69. The van der Waals surface area contributed by atoms with E-state index in [0.717, 1.165) is 49.5 Å². The van der Waals surface area contributed by atoms with Crippen LogP contribution in [0.1, 0.15) is 33.1 Å². The first-order valence-corrected chi connectivity index (χ1v) is 11.1. The van der Waals surface area contributed by atoms with Crippen molar-refractivity contribution in [2.24, 2.45) is 0 Å². The van der Waals surface area contributed by atoms with Crippen LogP contribution < -0.4 is 25.6 Å². The minimum atomic E-state index is -0.895. The molecule has 0 bridgehead atoms. The number of carbonyl (C=O) groups is 1. The Morgan fingerprint density at radius 2 is 1.94 bits per heavy atom. The maximum atomic E-state index is 12.3. The van der Waals surface area contributed by atoms with Gasteiger partial charge in [-0.15, -0.1) is 0 Å². The van der Waals surface area contributed by atoms with Crippen LogP contribution >= 0.6 is 0 Å². The molecule has 1 amide bonds. The topological polar surface area (TPSA) is 105 Å². The molecule has 3 aliphatic rings. The van der Waals surface area contributed by atoms with Gasteiger partial charge in [0.05, 0.1) is 12.0 Å². The fraction of sp³-hybridized carbons (Fsp3) is 0.435. The molecule has 1 spiro atoms. The fourth-order valence-electron chi connectivity index (χ4n) is 4.69. The third-order valence-electron chi connectivity index (χ3n) is 6.81. The lowest BCUT2D eigenvalue weighted by atomic mass is 9.79. The van der Waals surface area contributed by atoms with Crippen LogP contribution in [0.15, 0.2) is 34.9 Å². The van der Waals surface area contributed by atoms with E-state index in [9.17, 15) is 4.79 Å². The zero-order chi connectivity index (χ0) is 21.9. The highest BCUT2D eigenvalue weighted by molar-refractivity contribution is 6.00. The summed E-state index contributed by atoms with van der Waals surface area (Å²) in [5.74, 6) is 1.76. The molecule has 9 heteroatoms. The molecule has 0 saturated carbocycles. The van der Waals surface area contributed by atoms with Gasteiger partial charge < -0.3 is 30.0 Å². The van der Waals surface area contributed by atoms with Crippen molar-refractivity contribution in [3.8, 4) is 5.75 Å². The molecule has 5 heterocycles. The van der Waals surface area contributed by atoms with Crippen LogP contribution in [-0.2, 0) is 4.79 Å². The van der Waals surface area contributed by atoms with Gasteiger partial charge in [0.2, 0.25) is 5.95 Å². The molecule has 166 valence electrons. The summed E-state index contributed by atoms with van der Waals surface area (Å²) in [7, 11) is 0. The highest BCUT2D eigenvalue weighted by Gasteiger charge is 2.40. The first kappa shape index (κ1) is 19.4. The van der Waals surface area contributed by atoms with Gasteiger partial charge in [0.15, 0.2) is 17.0 Å². The van der Waals surface area contributed by atoms with Gasteiger partial charge in [-0.25, -0.2) is 4.98 Å². The van der Waals surface area contributed by atoms with Crippen molar-refractivity contribution >= 4 is 40.1 Å². The van der Waals surface area contributed by atoms with E-state index < -0.39 is 5.60 Å². The highest BCUT2D eigenvalue weighted by Crippen LogP contribution is 2.37. The van der Waals surface area contributed by atoms with Crippen molar-refractivity contribution < 1.29 is 13.9 Å². The SMILES string of the molecule is CC1(C)Oc2ccc(Nc3nc(N4CCC5(CCN5)CC4)c4occc4n3)cc2NC1=O. The van der Waals surface area contributed by atoms with Crippen molar-refractivity contribution in [2.45, 2.75) is 44.2 Å². The first-order valence-electron chi connectivity index (χ1n) is 11.1. The summed E-state index contributed by atoms with van der Waals surface area (Å²) in [5.41, 5.74) is 2.28. The van der Waals surface area contributed by atoms with Crippen LogP contribution in [0.3, 0.4) is 0 Å². The number of aromatic nitrogens is 2. The number of carbonyl (C=O) groups excluding carboxylic acids is 1. The summed E-state index contributed by atoms with van der Waals surface area (Å²) in [6.45, 7) is 6.47. The summed E-state index contributed by atoms with van der Waals surface area (Å²) in [4.78, 5) is 24.0. The van der Waals surface area contributed by atoms with E-state index in [1.165, 1.54) is 6.42 Å². The summed E-state index contributed by atoms with van der Waals surface area (Å²) >= 11 is 0. The largest absolute Gasteiger partial charge is 0.476 e. The molecular formula is C23H26N6O3. The molecule has 32 heavy (non-hydrogen) atoms. The number of benzene rings is 1. The zero-order valence-electron chi connectivity index (χ0n) is 18.2. The average molecular weight is 435 g/mol. The minimum absolute atomic E-state index is 0.177. The van der Waals surface area contributed by atoms with Gasteiger partial charge in [-0.05, 0) is 57.9 Å². The molecule has 2 aromatic heterocycles. The average Bonchev–Trinajstić information content (AvgIpc) is 3.22. The predicted octanol–water partition coefficient (Wildman–Crippen LogP) is 3.41.